The highest BCUT2D eigenvalue weighted by Crippen LogP contribution is 2.24. The number of Topliss-reactive ketones (excluding diaryl/α,β-unsaturated/α-hetero) is 1. The molecule has 21 heavy (non-hydrogen) atoms. The Bertz CT molecular complexity index is 603. The minimum Gasteiger partial charge on any atom is -0.375 e. The molecule has 0 spiro atoms. The summed E-state index contributed by atoms with van der Waals surface area (Å²) in [5, 5.41) is 0.624. The van der Waals surface area contributed by atoms with E-state index in [1.165, 1.54) is 4.88 Å². The third-order valence-corrected chi connectivity index (χ3v) is 4.78. The largest absolute Gasteiger partial charge is 0.375 e. The number of hydrogen-bond donors (Lipinski definition) is 1. The Kier molecular flexibility index (Phi) is 4.31. The van der Waals surface area contributed by atoms with Gasteiger partial charge in [-0.3, -0.25) is 9.69 Å². The predicted octanol–water partition coefficient (Wildman–Crippen LogP) is 2.82. The van der Waals surface area contributed by atoms with Crippen LogP contribution in [0.1, 0.15) is 28.1 Å². The molecule has 1 aromatic carbocycles. The van der Waals surface area contributed by atoms with E-state index in [1.807, 2.05) is 36.5 Å². The SMILES string of the molecule is Nc1ncc(CN2CCC(C(=O)c3ccccc3)CC2)s1. The molecule has 1 fully saturated rings. The molecule has 1 saturated heterocycles. The van der Waals surface area contributed by atoms with Gasteiger partial charge in [-0.25, -0.2) is 4.98 Å². The molecule has 0 aliphatic carbocycles. The Morgan fingerprint density at radius 2 is 2.00 bits per heavy atom. The predicted molar refractivity (Wildman–Crippen MR) is 85.3 cm³/mol. The molecular weight excluding hydrogens is 282 g/mol. The van der Waals surface area contributed by atoms with Crippen LogP contribution in [0.3, 0.4) is 0 Å². The summed E-state index contributed by atoms with van der Waals surface area (Å²) in [6.07, 6.45) is 3.71. The van der Waals surface area contributed by atoms with Crippen LogP contribution in [-0.2, 0) is 6.54 Å². The molecule has 1 aromatic heterocycles. The number of nitrogens with zero attached hydrogens (tertiary/aromatic N) is 2. The average Bonchev–Trinajstić information content (AvgIpc) is 2.93. The number of piperidine rings is 1. The highest BCUT2D eigenvalue weighted by Gasteiger charge is 2.25. The van der Waals surface area contributed by atoms with Crippen LogP contribution in [0.2, 0.25) is 0 Å². The van der Waals surface area contributed by atoms with Crippen LogP contribution < -0.4 is 5.73 Å². The summed E-state index contributed by atoms with van der Waals surface area (Å²) in [5.74, 6) is 0.451. The number of nitrogens with two attached hydrogens (primary N) is 1. The molecule has 0 atom stereocenters. The molecular formula is C16H19N3OS. The molecule has 2 heterocycles. The highest BCUT2D eigenvalue weighted by atomic mass is 32.1. The van der Waals surface area contributed by atoms with E-state index in [2.05, 4.69) is 9.88 Å². The zero-order chi connectivity index (χ0) is 14.7. The van der Waals surface area contributed by atoms with Crippen molar-refractivity contribution < 1.29 is 4.79 Å². The van der Waals surface area contributed by atoms with Gasteiger partial charge in [-0.05, 0) is 25.9 Å². The minimum atomic E-state index is 0.162. The van der Waals surface area contributed by atoms with Crippen molar-refractivity contribution in [1.82, 2.24) is 9.88 Å². The number of ketones is 1. The number of aromatic nitrogens is 1. The maximum atomic E-state index is 12.4. The van der Waals surface area contributed by atoms with Crippen molar-refractivity contribution in [3.05, 3.63) is 47.0 Å². The van der Waals surface area contributed by atoms with E-state index in [1.54, 1.807) is 11.3 Å². The molecule has 4 nitrogen and oxygen atoms in total. The summed E-state index contributed by atoms with van der Waals surface area (Å²) < 4.78 is 0. The molecule has 0 saturated carbocycles. The second kappa shape index (κ2) is 6.37. The summed E-state index contributed by atoms with van der Waals surface area (Å²) in [6.45, 7) is 2.81. The van der Waals surface area contributed by atoms with E-state index in [-0.39, 0.29) is 11.7 Å². The lowest BCUT2D eigenvalue weighted by Crippen LogP contribution is -2.35. The molecule has 5 heteroatoms. The van der Waals surface area contributed by atoms with E-state index in [0.29, 0.717) is 5.13 Å². The van der Waals surface area contributed by atoms with Gasteiger partial charge in [0.05, 0.1) is 0 Å². The van der Waals surface area contributed by atoms with Crippen LogP contribution >= 0.6 is 11.3 Å². The van der Waals surface area contributed by atoms with Gasteiger partial charge in [-0.1, -0.05) is 30.3 Å². The van der Waals surface area contributed by atoms with E-state index in [4.69, 9.17) is 5.73 Å². The van der Waals surface area contributed by atoms with Gasteiger partial charge in [0.25, 0.3) is 0 Å². The number of nitrogen functional groups attached to an aromatic ring is 1. The van der Waals surface area contributed by atoms with Crippen LogP contribution in [0.15, 0.2) is 36.5 Å². The van der Waals surface area contributed by atoms with E-state index < -0.39 is 0 Å². The van der Waals surface area contributed by atoms with Gasteiger partial charge < -0.3 is 5.73 Å². The van der Waals surface area contributed by atoms with Crippen molar-refractivity contribution in [2.75, 3.05) is 18.8 Å². The lowest BCUT2D eigenvalue weighted by Gasteiger charge is -2.30. The van der Waals surface area contributed by atoms with Crippen LogP contribution in [0.5, 0.6) is 0 Å². The quantitative estimate of drug-likeness (QED) is 0.882. The third kappa shape index (κ3) is 3.49. The number of hydrogen-bond acceptors (Lipinski definition) is 5. The van der Waals surface area contributed by atoms with Crippen molar-refractivity contribution in [3.8, 4) is 0 Å². The zero-order valence-corrected chi connectivity index (χ0v) is 12.7. The Morgan fingerprint density at radius 3 is 2.62 bits per heavy atom. The first-order valence-corrected chi connectivity index (χ1v) is 8.06. The normalized spacial score (nSPS) is 17.0. The second-order valence-electron chi connectivity index (χ2n) is 5.45. The molecule has 2 N–H and O–H groups in total. The monoisotopic (exact) mass is 301 g/mol. The molecule has 1 aliphatic rings. The van der Waals surface area contributed by atoms with Crippen LogP contribution in [0, 0.1) is 5.92 Å². The van der Waals surface area contributed by atoms with Crippen molar-refractivity contribution in [3.63, 3.8) is 0 Å². The number of rotatable bonds is 4. The van der Waals surface area contributed by atoms with E-state index in [9.17, 15) is 4.79 Å². The summed E-state index contributed by atoms with van der Waals surface area (Å²) in [4.78, 5) is 20.1. The highest BCUT2D eigenvalue weighted by molar-refractivity contribution is 7.15. The Hall–Kier alpha value is -1.72. The Morgan fingerprint density at radius 1 is 1.29 bits per heavy atom. The summed E-state index contributed by atoms with van der Waals surface area (Å²) in [6, 6.07) is 9.62. The lowest BCUT2D eigenvalue weighted by atomic mass is 9.89. The van der Waals surface area contributed by atoms with Gasteiger partial charge in [0.15, 0.2) is 10.9 Å². The number of benzene rings is 1. The molecule has 0 bridgehead atoms. The number of thiazole rings is 1. The summed E-state index contributed by atoms with van der Waals surface area (Å²) in [7, 11) is 0. The summed E-state index contributed by atoms with van der Waals surface area (Å²) in [5.41, 5.74) is 6.49. The number of anilines is 1. The van der Waals surface area contributed by atoms with Crippen molar-refractivity contribution in [2.24, 2.45) is 5.92 Å². The van der Waals surface area contributed by atoms with Gasteiger partial charge in [0, 0.05) is 29.1 Å². The first kappa shape index (κ1) is 14.2. The van der Waals surface area contributed by atoms with Crippen LogP contribution in [0.4, 0.5) is 5.13 Å². The first-order chi connectivity index (χ1) is 10.2. The van der Waals surface area contributed by atoms with Gasteiger partial charge in [-0.2, -0.15) is 0 Å². The fourth-order valence-electron chi connectivity index (χ4n) is 2.81. The molecule has 1 aliphatic heterocycles. The smallest absolute Gasteiger partial charge is 0.180 e. The van der Waals surface area contributed by atoms with Crippen molar-refractivity contribution in [2.45, 2.75) is 19.4 Å². The first-order valence-electron chi connectivity index (χ1n) is 7.24. The van der Waals surface area contributed by atoms with Crippen LogP contribution in [-0.4, -0.2) is 28.8 Å². The molecule has 0 unspecified atom stereocenters. The third-order valence-electron chi connectivity index (χ3n) is 3.97. The van der Waals surface area contributed by atoms with E-state index >= 15 is 0 Å². The zero-order valence-electron chi connectivity index (χ0n) is 11.9. The van der Waals surface area contributed by atoms with Gasteiger partial charge in [0.1, 0.15) is 0 Å². The number of carbonyl (C=O) groups excluding carboxylic acids is 1. The fourth-order valence-corrected chi connectivity index (χ4v) is 3.53. The van der Waals surface area contributed by atoms with E-state index in [0.717, 1.165) is 38.0 Å². The molecule has 2 aromatic rings. The molecule has 3 rings (SSSR count). The van der Waals surface area contributed by atoms with Crippen molar-refractivity contribution >= 4 is 22.3 Å². The molecule has 0 radical (unpaired) electrons. The number of carbonyl (C=O) groups is 1. The lowest BCUT2D eigenvalue weighted by molar-refractivity contribution is 0.0835. The average molecular weight is 301 g/mol. The maximum Gasteiger partial charge on any atom is 0.180 e. The topological polar surface area (TPSA) is 59.2 Å². The Balaban J connectivity index is 1.54. The Labute approximate surface area is 128 Å². The van der Waals surface area contributed by atoms with Gasteiger partial charge in [-0.15, -0.1) is 11.3 Å². The van der Waals surface area contributed by atoms with Gasteiger partial charge in [0.2, 0.25) is 0 Å². The molecule has 110 valence electrons. The van der Waals surface area contributed by atoms with Gasteiger partial charge >= 0.3 is 0 Å². The summed E-state index contributed by atoms with van der Waals surface area (Å²) >= 11 is 1.54. The maximum absolute atomic E-state index is 12.4. The van der Waals surface area contributed by atoms with Crippen molar-refractivity contribution in [1.29, 1.82) is 0 Å². The van der Waals surface area contributed by atoms with Crippen LogP contribution in [0.25, 0.3) is 0 Å². The fraction of sp³-hybridized carbons (Fsp3) is 0.375. The minimum absolute atomic E-state index is 0.162. The number of likely N-dealkylation sites (tertiary alicyclic amines) is 1. The standard InChI is InChI=1S/C16H19N3OS/c17-16-18-10-14(21-16)11-19-8-6-13(7-9-19)15(20)12-4-2-1-3-5-12/h1-5,10,13H,6-9,11H2,(H2,17,18). The molecule has 0 amide bonds. The second-order valence-corrected chi connectivity index (χ2v) is 6.59.